The van der Waals surface area contributed by atoms with Crippen molar-refractivity contribution < 1.29 is 14.6 Å². The van der Waals surface area contributed by atoms with Gasteiger partial charge in [-0.15, -0.1) is 0 Å². The monoisotopic (exact) mass is 294 g/mol. The van der Waals surface area contributed by atoms with Gasteiger partial charge in [-0.2, -0.15) is 5.10 Å². The Balaban J connectivity index is 2.01. The standard InChI is InChI=1S/C14H15ClN2O3/c1-2-20-14(19)12-8-11(16-17-12)5-3-9-7-10(15)4-6-13(9)18/h4,6-8,18H,2-3,5H2,1H3,(H,16,17). The van der Waals surface area contributed by atoms with Gasteiger partial charge in [-0.05, 0) is 49.6 Å². The summed E-state index contributed by atoms with van der Waals surface area (Å²) < 4.78 is 4.86. The first kappa shape index (κ1) is 14.4. The highest BCUT2D eigenvalue weighted by atomic mass is 35.5. The number of phenolic OH excluding ortho intramolecular Hbond substituents is 1. The van der Waals surface area contributed by atoms with Gasteiger partial charge in [-0.3, -0.25) is 5.10 Å². The molecule has 2 N–H and O–H groups in total. The van der Waals surface area contributed by atoms with Crippen LogP contribution in [-0.2, 0) is 17.6 Å². The Morgan fingerprint density at radius 3 is 2.95 bits per heavy atom. The maximum atomic E-state index is 11.5. The molecule has 2 rings (SSSR count). The van der Waals surface area contributed by atoms with Crippen LogP contribution in [0.5, 0.6) is 5.75 Å². The van der Waals surface area contributed by atoms with E-state index in [1.54, 1.807) is 31.2 Å². The molecule has 2 aromatic rings. The van der Waals surface area contributed by atoms with Crippen LogP contribution in [0.15, 0.2) is 24.3 Å². The topological polar surface area (TPSA) is 75.2 Å². The van der Waals surface area contributed by atoms with Crippen LogP contribution in [-0.4, -0.2) is 27.9 Å². The fraction of sp³-hybridized carbons (Fsp3) is 0.286. The van der Waals surface area contributed by atoms with Crippen molar-refractivity contribution >= 4 is 17.6 Å². The number of ether oxygens (including phenoxy) is 1. The Kier molecular flexibility index (Phi) is 4.63. The number of rotatable bonds is 5. The minimum atomic E-state index is -0.444. The molecule has 0 aliphatic rings. The third-order valence-corrected chi connectivity index (χ3v) is 3.06. The van der Waals surface area contributed by atoms with E-state index in [-0.39, 0.29) is 11.4 Å². The number of benzene rings is 1. The summed E-state index contributed by atoms with van der Waals surface area (Å²) in [6, 6.07) is 6.57. The summed E-state index contributed by atoms with van der Waals surface area (Å²) in [5.41, 5.74) is 1.81. The van der Waals surface area contributed by atoms with Crippen molar-refractivity contribution in [1.29, 1.82) is 0 Å². The highest BCUT2D eigenvalue weighted by molar-refractivity contribution is 6.30. The summed E-state index contributed by atoms with van der Waals surface area (Å²) in [5, 5.41) is 17.0. The van der Waals surface area contributed by atoms with E-state index in [2.05, 4.69) is 10.2 Å². The smallest absolute Gasteiger partial charge is 0.358 e. The predicted molar refractivity (Wildman–Crippen MR) is 75.1 cm³/mol. The van der Waals surface area contributed by atoms with Crippen LogP contribution < -0.4 is 0 Å². The molecule has 20 heavy (non-hydrogen) atoms. The summed E-state index contributed by atoms with van der Waals surface area (Å²) in [4.78, 5) is 11.5. The molecule has 0 aliphatic carbocycles. The van der Waals surface area contributed by atoms with Gasteiger partial charge in [-0.25, -0.2) is 4.79 Å². The van der Waals surface area contributed by atoms with E-state index in [1.165, 1.54) is 0 Å². The van der Waals surface area contributed by atoms with Crippen LogP contribution in [0.2, 0.25) is 5.02 Å². The SMILES string of the molecule is CCOC(=O)c1cc(CCc2cc(Cl)ccc2O)[nH]n1. The fourth-order valence-electron chi connectivity index (χ4n) is 1.82. The van der Waals surface area contributed by atoms with Crippen molar-refractivity contribution in [3.05, 3.63) is 46.2 Å². The van der Waals surface area contributed by atoms with Gasteiger partial charge in [0.05, 0.1) is 6.61 Å². The normalized spacial score (nSPS) is 10.5. The van der Waals surface area contributed by atoms with Gasteiger partial charge in [0, 0.05) is 10.7 Å². The third-order valence-electron chi connectivity index (χ3n) is 2.82. The average Bonchev–Trinajstić information content (AvgIpc) is 2.89. The van der Waals surface area contributed by atoms with Gasteiger partial charge in [0.15, 0.2) is 5.69 Å². The van der Waals surface area contributed by atoms with Crippen molar-refractivity contribution in [3.63, 3.8) is 0 Å². The summed E-state index contributed by atoms with van der Waals surface area (Å²) in [5.74, 6) is -0.236. The predicted octanol–water partition coefficient (Wildman–Crippen LogP) is 2.73. The maximum Gasteiger partial charge on any atom is 0.358 e. The number of H-pyrrole nitrogens is 1. The number of esters is 1. The Morgan fingerprint density at radius 2 is 2.20 bits per heavy atom. The number of aromatic amines is 1. The lowest BCUT2D eigenvalue weighted by Crippen LogP contribution is -2.04. The van der Waals surface area contributed by atoms with E-state index in [0.717, 1.165) is 11.3 Å². The molecule has 5 nitrogen and oxygen atoms in total. The highest BCUT2D eigenvalue weighted by Gasteiger charge is 2.11. The van der Waals surface area contributed by atoms with Crippen LogP contribution in [0, 0.1) is 0 Å². The average molecular weight is 295 g/mol. The lowest BCUT2D eigenvalue weighted by molar-refractivity contribution is 0.0519. The van der Waals surface area contributed by atoms with Gasteiger partial charge in [0.2, 0.25) is 0 Å². The van der Waals surface area contributed by atoms with Crippen LogP contribution in [0.4, 0.5) is 0 Å². The van der Waals surface area contributed by atoms with Gasteiger partial charge in [0.25, 0.3) is 0 Å². The summed E-state index contributed by atoms with van der Waals surface area (Å²) in [7, 11) is 0. The lowest BCUT2D eigenvalue weighted by atomic mass is 10.1. The van der Waals surface area contributed by atoms with Crippen molar-refractivity contribution in [2.75, 3.05) is 6.61 Å². The molecule has 0 spiro atoms. The van der Waals surface area contributed by atoms with Crippen LogP contribution >= 0.6 is 11.6 Å². The van der Waals surface area contributed by atoms with Crippen LogP contribution in [0.3, 0.4) is 0 Å². The zero-order chi connectivity index (χ0) is 14.5. The van der Waals surface area contributed by atoms with E-state index < -0.39 is 5.97 Å². The molecule has 0 saturated heterocycles. The minimum Gasteiger partial charge on any atom is -0.508 e. The van der Waals surface area contributed by atoms with E-state index in [1.807, 2.05) is 0 Å². The fourth-order valence-corrected chi connectivity index (χ4v) is 2.02. The molecule has 0 fully saturated rings. The Hall–Kier alpha value is -2.01. The van der Waals surface area contributed by atoms with Crippen molar-refractivity contribution in [2.24, 2.45) is 0 Å². The molecule has 0 bridgehead atoms. The number of nitrogens with zero attached hydrogens (tertiary/aromatic N) is 1. The van der Waals surface area contributed by atoms with Crippen molar-refractivity contribution in [2.45, 2.75) is 19.8 Å². The molecule has 1 heterocycles. The first-order valence-corrected chi connectivity index (χ1v) is 6.66. The summed E-state index contributed by atoms with van der Waals surface area (Å²) >= 11 is 5.89. The molecule has 0 aliphatic heterocycles. The zero-order valence-corrected chi connectivity index (χ0v) is 11.8. The summed E-state index contributed by atoms with van der Waals surface area (Å²) in [6.45, 7) is 2.06. The number of nitrogens with one attached hydrogen (secondary N) is 1. The third kappa shape index (κ3) is 3.51. The van der Waals surface area contributed by atoms with Gasteiger partial charge < -0.3 is 9.84 Å². The number of hydrogen-bond acceptors (Lipinski definition) is 4. The first-order chi connectivity index (χ1) is 9.60. The number of carbonyl (C=O) groups excluding carboxylic acids is 1. The molecule has 0 radical (unpaired) electrons. The Morgan fingerprint density at radius 1 is 1.40 bits per heavy atom. The van der Waals surface area contributed by atoms with Crippen molar-refractivity contribution in [3.8, 4) is 5.75 Å². The van der Waals surface area contributed by atoms with E-state index in [0.29, 0.717) is 24.5 Å². The second-order valence-corrected chi connectivity index (χ2v) is 4.71. The second-order valence-electron chi connectivity index (χ2n) is 4.27. The number of aryl methyl sites for hydroxylation is 2. The minimum absolute atomic E-state index is 0.208. The first-order valence-electron chi connectivity index (χ1n) is 6.29. The maximum absolute atomic E-state index is 11.5. The molecule has 1 aromatic carbocycles. The number of aromatic hydroxyl groups is 1. The number of phenols is 1. The van der Waals surface area contributed by atoms with Crippen molar-refractivity contribution in [1.82, 2.24) is 10.2 Å². The molecule has 0 atom stereocenters. The molecule has 6 heteroatoms. The van der Waals surface area contributed by atoms with Crippen LogP contribution in [0.25, 0.3) is 0 Å². The van der Waals surface area contributed by atoms with Gasteiger partial charge in [0.1, 0.15) is 5.75 Å². The Labute approximate surface area is 121 Å². The number of carbonyl (C=O) groups is 1. The van der Waals surface area contributed by atoms with E-state index >= 15 is 0 Å². The Bertz CT molecular complexity index is 610. The molecule has 0 amide bonds. The molecule has 106 valence electrons. The van der Waals surface area contributed by atoms with Gasteiger partial charge in [-0.1, -0.05) is 11.6 Å². The summed E-state index contributed by atoms with van der Waals surface area (Å²) in [6.07, 6.45) is 1.21. The number of halogens is 1. The molecule has 0 saturated carbocycles. The quantitative estimate of drug-likeness (QED) is 0.832. The second kappa shape index (κ2) is 6.43. The molecular weight excluding hydrogens is 280 g/mol. The lowest BCUT2D eigenvalue weighted by Gasteiger charge is -2.03. The van der Waals surface area contributed by atoms with Crippen LogP contribution in [0.1, 0.15) is 28.7 Å². The zero-order valence-electron chi connectivity index (χ0n) is 11.0. The van der Waals surface area contributed by atoms with E-state index in [9.17, 15) is 9.90 Å². The largest absolute Gasteiger partial charge is 0.508 e. The van der Waals surface area contributed by atoms with Gasteiger partial charge >= 0.3 is 5.97 Å². The highest BCUT2D eigenvalue weighted by Crippen LogP contribution is 2.22. The molecule has 1 aromatic heterocycles. The molecule has 0 unspecified atom stereocenters. The molecular formula is C14H15ClN2O3. The number of aromatic nitrogens is 2. The number of hydrogen-bond donors (Lipinski definition) is 2. The van der Waals surface area contributed by atoms with E-state index in [4.69, 9.17) is 16.3 Å².